The molecule has 100 valence electrons. The monoisotopic (exact) mass is 238 g/mol. The highest BCUT2D eigenvalue weighted by molar-refractivity contribution is 4.97. The molecule has 2 nitrogen and oxygen atoms in total. The van der Waals surface area contributed by atoms with Gasteiger partial charge < -0.3 is 5.32 Å². The molecule has 1 aliphatic carbocycles. The summed E-state index contributed by atoms with van der Waals surface area (Å²) in [5.74, 6) is 0. The third-order valence-corrected chi connectivity index (χ3v) is 5.57. The van der Waals surface area contributed by atoms with Gasteiger partial charge >= 0.3 is 0 Å². The van der Waals surface area contributed by atoms with Crippen LogP contribution in [0.25, 0.3) is 0 Å². The lowest BCUT2D eigenvalue weighted by Crippen LogP contribution is -2.53. The van der Waals surface area contributed by atoms with Gasteiger partial charge in [-0.3, -0.25) is 4.90 Å². The van der Waals surface area contributed by atoms with E-state index in [0.717, 1.165) is 12.1 Å². The zero-order chi connectivity index (χ0) is 12.3. The fraction of sp³-hybridized carbons (Fsp3) is 1.00. The van der Waals surface area contributed by atoms with Gasteiger partial charge in [0.25, 0.3) is 0 Å². The van der Waals surface area contributed by atoms with Gasteiger partial charge in [0.05, 0.1) is 0 Å². The summed E-state index contributed by atoms with van der Waals surface area (Å²) in [5.41, 5.74) is 0.639. The summed E-state index contributed by atoms with van der Waals surface area (Å²) in [6, 6.07) is 1.54. The van der Waals surface area contributed by atoms with Crippen LogP contribution in [0.2, 0.25) is 0 Å². The smallest absolute Gasteiger partial charge is 0.0254 e. The fourth-order valence-electron chi connectivity index (χ4n) is 4.03. The van der Waals surface area contributed by atoms with Crippen molar-refractivity contribution < 1.29 is 0 Å². The Morgan fingerprint density at radius 1 is 1.18 bits per heavy atom. The first-order valence-corrected chi connectivity index (χ1v) is 7.66. The lowest BCUT2D eigenvalue weighted by Gasteiger charge is -2.47. The van der Waals surface area contributed by atoms with Crippen LogP contribution in [-0.2, 0) is 0 Å². The van der Waals surface area contributed by atoms with E-state index in [0.29, 0.717) is 5.41 Å². The van der Waals surface area contributed by atoms with E-state index in [4.69, 9.17) is 0 Å². The second-order valence-corrected chi connectivity index (χ2v) is 6.16. The van der Waals surface area contributed by atoms with Crippen LogP contribution >= 0.6 is 0 Å². The van der Waals surface area contributed by atoms with Crippen LogP contribution in [0.1, 0.15) is 58.8 Å². The van der Waals surface area contributed by atoms with E-state index in [1.807, 2.05) is 0 Å². The standard InChI is InChI=1S/C15H30N2/c1-4-15(5-2)9-8-13(16-3)14(12-15)17-10-6-7-11-17/h13-14,16H,4-12H2,1-3H3/t13-,14-/m1/s1. The van der Waals surface area contributed by atoms with E-state index in [1.165, 1.54) is 58.0 Å². The zero-order valence-electron chi connectivity index (χ0n) is 12.0. The van der Waals surface area contributed by atoms with Gasteiger partial charge in [0.2, 0.25) is 0 Å². The Labute approximate surface area is 107 Å². The van der Waals surface area contributed by atoms with Gasteiger partial charge in [0, 0.05) is 12.1 Å². The third kappa shape index (κ3) is 2.68. The van der Waals surface area contributed by atoms with E-state index in [-0.39, 0.29) is 0 Å². The molecular weight excluding hydrogens is 208 g/mol. The maximum Gasteiger partial charge on any atom is 0.0254 e. The average molecular weight is 238 g/mol. The molecule has 1 saturated heterocycles. The summed E-state index contributed by atoms with van der Waals surface area (Å²) >= 11 is 0. The molecule has 0 aromatic carbocycles. The van der Waals surface area contributed by atoms with Crippen molar-refractivity contribution in [3.8, 4) is 0 Å². The predicted octanol–water partition coefficient (Wildman–Crippen LogP) is 3.03. The van der Waals surface area contributed by atoms with Crippen molar-refractivity contribution in [1.82, 2.24) is 10.2 Å². The average Bonchev–Trinajstić information content (AvgIpc) is 2.92. The molecule has 0 unspecified atom stereocenters. The van der Waals surface area contributed by atoms with Crippen molar-refractivity contribution in [2.75, 3.05) is 20.1 Å². The van der Waals surface area contributed by atoms with Crippen LogP contribution < -0.4 is 5.32 Å². The molecule has 0 bridgehead atoms. The van der Waals surface area contributed by atoms with Gasteiger partial charge in [-0.1, -0.05) is 26.7 Å². The minimum absolute atomic E-state index is 0.639. The van der Waals surface area contributed by atoms with E-state index in [2.05, 4.69) is 31.1 Å². The summed E-state index contributed by atoms with van der Waals surface area (Å²) in [5, 5.41) is 3.58. The van der Waals surface area contributed by atoms with Crippen LogP contribution in [0, 0.1) is 5.41 Å². The summed E-state index contributed by atoms with van der Waals surface area (Å²) in [6.07, 6.45) is 9.78. The fourth-order valence-corrected chi connectivity index (χ4v) is 4.03. The lowest BCUT2D eigenvalue weighted by atomic mass is 9.67. The molecule has 0 aromatic heterocycles. The molecule has 2 atom stereocenters. The van der Waals surface area contributed by atoms with E-state index >= 15 is 0 Å². The number of likely N-dealkylation sites (tertiary alicyclic amines) is 1. The first-order chi connectivity index (χ1) is 8.24. The molecule has 2 aliphatic rings. The first-order valence-electron chi connectivity index (χ1n) is 7.66. The summed E-state index contributed by atoms with van der Waals surface area (Å²) < 4.78 is 0. The molecule has 17 heavy (non-hydrogen) atoms. The Hall–Kier alpha value is -0.0800. The quantitative estimate of drug-likeness (QED) is 0.810. The first kappa shape index (κ1) is 13.4. The van der Waals surface area contributed by atoms with Crippen molar-refractivity contribution in [2.24, 2.45) is 5.41 Å². The summed E-state index contributed by atoms with van der Waals surface area (Å²) in [7, 11) is 2.15. The number of nitrogens with one attached hydrogen (secondary N) is 1. The molecule has 0 aromatic rings. The maximum atomic E-state index is 3.58. The highest BCUT2D eigenvalue weighted by atomic mass is 15.2. The minimum Gasteiger partial charge on any atom is -0.315 e. The number of hydrogen-bond donors (Lipinski definition) is 1. The number of rotatable bonds is 4. The highest BCUT2D eigenvalue weighted by Crippen LogP contribution is 2.43. The van der Waals surface area contributed by atoms with Gasteiger partial charge in [0.1, 0.15) is 0 Å². The topological polar surface area (TPSA) is 15.3 Å². The molecule has 2 rings (SSSR count). The molecule has 0 spiro atoms. The van der Waals surface area contributed by atoms with Gasteiger partial charge in [-0.25, -0.2) is 0 Å². The highest BCUT2D eigenvalue weighted by Gasteiger charge is 2.40. The Kier molecular flexibility index (Phi) is 4.48. The number of nitrogens with zero attached hydrogens (tertiary/aromatic N) is 1. The van der Waals surface area contributed by atoms with Crippen LogP contribution in [0.4, 0.5) is 0 Å². The minimum atomic E-state index is 0.639. The van der Waals surface area contributed by atoms with Crippen LogP contribution in [0.15, 0.2) is 0 Å². The van der Waals surface area contributed by atoms with Crippen molar-refractivity contribution in [3.05, 3.63) is 0 Å². The maximum absolute atomic E-state index is 3.58. The van der Waals surface area contributed by atoms with E-state index in [1.54, 1.807) is 0 Å². The van der Waals surface area contributed by atoms with Gasteiger partial charge in [-0.15, -0.1) is 0 Å². The van der Waals surface area contributed by atoms with Crippen LogP contribution in [0.5, 0.6) is 0 Å². The molecular formula is C15H30N2. The molecule has 1 N–H and O–H groups in total. The van der Waals surface area contributed by atoms with Crippen LogP contribution in [-0.4, -0.2) is 37.1 Å². The predicted molar refractivity (Wildman–Crippen MR) is 74.3 cm³/mol. The molecule has 0 amide bonds. The molecule has 2 fully saturated rings. The third-order valence-electron chi connectivity index (χ3n) is 5.57. The SMILES string of the molecule is CCC1(CC)CC[C@@H](NC)[C@H](N2CCCC2)C1. The summed E-state index contributed by atoms with van der Waals surface area (Å²) in [4.78, 5) is 2.76. The van der Waals surface area contributed by atoms with Gasteiger partial charge in [-0.2, -0.15) is 0 Å². The second kappa shape index (κ2) is 5.71. The Morgan fingerprint density at radius 3 is 2.35 bits per heavy atom. The van der Waals surface area contributed by atoms with E-state index in [9.17, 15) is 0 Å². The Balaban J connectivity index is 2.07. The van der Waals surface area contributed by atoms with Gasteiger partial charge in [0.15, 0.2) is 0 Å². The molecule has 0 radical (unpaired) electrons. The second-order valence-electron chi connectivity index (χ2n) is 6.16. The van der Waals surface area contributed by atoms with Crippen molar-refractivity contribution in [3.63, 3.8) is 0 Å². The van der Waals surface area contributed by atoms with Crippen molar-refractivity contribution in [2.45, 2.75) is 70.9 Å². The normalized spacial score (nSPS) is 34.1. The largest absolute Gasteiger partial charge is 0.315 e. The molecule has 2 heteroatoms. The lowest BCUT2D eigenvalue weighted by molar-refractivity contribution is 0.0564. The number of hydrogen-bond acceptors (Lipinski definition) is 2. The Morgan fingerprint density at radius 2 is 1.82 bits per heavy atom. The molecule has 1 heterocycles. The van der Waals surface area contributed by atoms with Crippen molar-refractivity contribution >= 4 is 0 Å². The van der Waals surface area contributed by atoms with Crippen molar-refractivity contribution in [1.29, 1.82) is 0 Å². The van der Waals surface area contributed by atoms with E-state index < -0.39 is 0 Å². The number of likely N-dealkylation sites (N-methyl/N-ethyl adjacent to an activating group) is 1. The zero-order valence-corrected chi connectivity index (χ0v) is 12.0. The van der Waals surface area contributed by atoms with Crippen LogP contribution in [0.3, 0.4) is 0 Å². The molecule has 1 aliphatic heterocycles. The Bertz CT molecular complexity index is 227. The van der Waals surface area contributed by atoms with Gasteiger partial charge in [-0.05, 0) is 57.7 Å². The molecule has 1 saturated carbocycles. The summed E-state index contributed by atoms with van der Waals surface area (Å²) in [6.45, 7) is 7.47.